The fourth-order valence-corrected chi connectivity index (χ4v) is 2.95. The molecule has 2 atom stereocenters. The van der Waals surface area contributed by atoms with Gasteiger partial charge >= 0.3 is 0 Å². The molecule has 0 aliphatic carbocycles. The quantitative estimate of drug-likeness (QED) is 0.835. The molecule has 1 aromatic rings. The molecule has 3 heteroatoms. The Bertz CT molecular complexity index is 383. The molecule has 100 valence electrons. The maximum Gasteiger partial charge on any atom is 0.120 e. The molecule has 1 heterocycles. The summed E-state index contributed by atoms with van der Waals surface area (Å²) in [4.78, 5) is 2.55. The van der Waals surface area contributed by atoms with E-state index in [1.165, 1.54) is 19.4 Å². The molecule has 0 saturated carbocycles. The van der Waals surface area contributed by atoms with Crippen molar-refractivity contribution in [3.05, 3.63) is 28.7 Å². The Hall–Kier alpha value is -0.540. The van der Waals surface area contributed by atoms with E-state index >= 15 is 0 Å². The molecular weight excluding hydrogens is 290 g/mol. The lowest BCUT2D eigenvalue weighted by atomic mass is 9.92. The zero-order valence-corrected chi connectivity index (χ0v) is 12.8. The predicted molar refractivity (Wildman–Crippen MR) is 79.1 cm³/mol. The van der Waals surface area contributed by atoms with Gasteiger partial charge in [0.25, 0.3) is 0 Å². The number of nitrogens with zero attached hydrogens (tertiary/aromatic N) is 1. The molecule has 0 radical (unpaired) electrons. The van der Waals surface area contributed by atoms with Crippen LogP contribution < -0.4 is 4.74 Å². The monoisotopic (exact) mass is 311 g/mol. The summed E-state index contributed by atoms with van der Waals surface area (Å²) in [5, 5.41) is 0. The highest BCUT2D eigenvalue weighted by molar-refractivity contribution is 9.10. The van der Waals surface area contributed by atoms with Gasteiger partial charge in [0, 0.05) is 17.1 Å². The second kappa shape index (κ2) is 6.58. The first-order valence-electron chi connectivity index (χ1n) is 6.79. The molecule has 1 fully saturated rings. The second-order valence-corrected chi connectivity index (χ2v) is 6.12. The van der Waals surface area contributed by atoms with E-state index in [4.69, 9.17) is 4.74 Å². The Morgan fingerprint density at radius 1 is 1.39 bits per heavy atom. The lowest BCUT2D eigenvalue weighted by Crippen LogP contribution is -2.44. The highest BCUT2D eigenvalue weighted by Gasteiger charge is 2.23. The van der Waals surface area contributed by atoms with E-state index in [-0.39, 0.29) is 0 Å². The van der Waals surface area contributed by atoms with Crippen molar-refractivity contribution in [2.45, 2.75) is 32.7 Å². The summed E-state index contributed by atoms with van der Waals surface area (Å²) in [5.41, 5.74) is 0. The van der Waals surface area contributed by atoms with Gasteiger partial charge in [-0.3, -0.25) is 4.90 Å². The molecule has 0 spiro atoms. The van der Waals surface area contributed by atoms with Crippen LogP contribution in [0.2, 0.25) is 0 Å². The molecule has 1 aromatic carbocycles. The lowest BCUT2D eigenvalue weighted by molar-refractivity contribution is 0.0958. The van der Waals surface area contributed by atoms with Gasteiger partial charge in [-0.15, -0.1) is 0 Å². The molecule has 2 rings (SSSR count). The van der Waals surface area contributed by atoms with E-state index in [0.717, 1.165) is 29.3 Å². The van der Waals surface area contributed by atoms with Gasteiger partial charge in [-0.25, -0.2) is 0 Å². The van der Waals surface area contributed by atoms with E-state index in [9.17, 15) is 0 Å². The maximum atomic E-state index is 5.80. The SMILES string of the molecule is CC1CCCN(CCOc2cccc(Br)c2)C1C. The Kier molecular flexibility index (Phi) is 5.07. The summed E-state index contributed by atoms with van der Waals surface area (Å²) in [6.07, 6.45) is 2.69. The molecule has 18 heavy (non-hydrogen) atoms. The van der Waals surface area contributed by atoms with Crippen molar-refractivity contribution in [1.82, 2.24) is 4.90 Å². The average Bonchev–Trinajstić information content (AvgIpc) is 2.35. The smallest absolute Gasteiger partial charge is 0.120 e. The Labute approximate surface area is 118 Å². The molecule has 1 aliphatic rings. The first-order chi connectivity index (χ1) is 8.66. The minimum absolute atomic E-state index is 0.685. The fourth-order valence-electron chi connectivity index (χ4n) is 2.57. The number of ether oxygens (including phenoxy) is 1. The van der Waals surface area contributed by atoms with Crippen LogP contribution in [-0.2, 0) is 0 Å². The van der Waals surface area contributed by atoms with E-state index in [0.29, 0.717) is 6.04 Å². The molecule has 0 bridgehead atoms. The van der Waals surface area contributed by atoms with Crippen LogP contribution in [0.15, 0.2) is 28.7 Å². The van der Waals surface area contributed by atoms with E-state index < -0.39 is 0 Å². The Balaban J connectivity index is 1.78. The van der Waals surface area contributed by atoms with Crippen molar-refractivity contribution in [2.24, 2.45) is 5.92 Å². The molecule has 0 N–H and O–H groups in total. The first-order valence-corrected chi connectivity index (χ1v) is 7.58. The highest BCUT2D eigenvalue weighted by atomic mass is 79.9. The number of piperidine rings is 1. The van der Waals surface area contributed by atoms with Gasteiger partial charge in [0.05, 0.1) is 0 Å². The largest absolute Gasteiger partial charge is 0.492 e. The van der Waals surface area contributed by atoms with Gasteiger partial charge < -0.3 is 4.74 Å². The van der Waals surface area contributed by atoms with Crippen LogP contribution in [0, 0.1) is 5.92 Å². The number of benzene rings is 1. The Morgan fingerprint density at radius 3 is 3.00 bits per heavy atom. The number of rotatable bonds is 4. The van der Waals surface area contributed by atoms with E-state index in [1.807, 2.05) is 24.3 Å². The van der Waals surface area contributed by atoms with E-state index in [2.05, 4.69) is 34.7 Å². The third-order valence-corrected chi connectivity index (χ3v) is 4.44. The summed E-state index contributed by atoms with van der Waals surface area (Å²) in [7, 11) is 0. The van der Waals surface area contributed by atoms with Gasteiger partial charge in [-0.2, -0.15) is 0 Å². The first kappa shape index (κ1) is 13.9. The number of hydrogen-bond donors (Lipinski definition) is 0. The number of likely N-dealkylation sites (tertiary alicyclic amines) is 1. The minimum atomic E-state index is 0.685. The minimum Gasteiger partial charge on any atom is -0.492 e. The average molecular weight is 312 g/mol. The standard InChI is InChI=1S/C15H22BrNO/c1-12-5-4-8-17(13(12)2)9-10-18-15-7-3-6-14(16)11-15/h3,6-7,11-13H,4-5,8-10H2,1-2H3. The fraction of sp³-hybridized carbons (Fsp3) is 0.600. The summed E-state index contributed by atoms with van der Waals surface area (Å²) < 4.78 is 6.87. The zero-order chi connectivity index (χ0) is 13.0. The topological polar surface area (TPSA) is 12.5 Å². The lowest BCUT2D eigenvalue weighted by Gasteiger charge is -2.37. The molecule has 1 aliphatic heterocycles. The number of hydrogen-bond acceptors (Lipinski definition) is 2. The van der Waals surface area contributed by atoms with E-state index in [1.54, 1.807) is 0 Å². The van der Waals surface area contributed by atoms with Crippen LogP contribution in [0.25, 0.3) is 0 Å². The van der Waals surface area contributed by atoms with Gasteiger partial charge in [0.15, 0.2) is 0 Å². The molecule has 0 amide bonds. The van der Waals surface area contributed by atoms with Crippen molar-refractivity contribution >= 4 is 15.9 Å². The molecule has 0 aromatic heterocycles. The third-order valence-electron chi connectivity index (χ3n) is 3.95. The summed E-state index contributed by atoms with van der Waals surface area (Å²) in [6.45, 7) is 7.70. The highest BCUT2D eigenvalue weighted by Crippen LogP contribution is 2.22. The van der Waals surface area contributed by atoms with Crippen molar-refractivity contribution in [1.29, 1.82) is 0 Å². The maximum absolute atomic E-state index is 5.80. The van der Waals surface area contributed by atoms with Crippen molar-refractivity contribution in [2.75, 3.05) is 19.7 Å². The zero-order valence-electron chi connectivity index (χ0n) is 11.2. The summed E-state index contributed by atoms with van der Waals surface area (Å²) in [5.74, 6) is 1.76. The molecular formula is C15H22BrNO. The molecule has 1 saturated heterocycles. The van der Waals surface area contributed by atoms with Crippen molar-refractivity contribution < 1.29 is 4.74 Å². The van der Waals surface area contributed by atoms with Gasteiger partial charge in [0.1, 0.15) is 12.4 Å². The van der Waals surface area contributed by atoms with Crippen LogP contribution in [0.4, 0.5) is 0 Å². The van der Waals surface area contributed by atoms with Crippen LogP contribution in [-0.4, -0.2) is 30.6 Å². The summed E-state index contributed by atoms with van der Waals surface area (Å²) in [6, 6.07) is 8.73. The van der Waals surface area contributed by atoms with Crippen LogP contribution in [0.5, 0.6) is 5.75 Å². The van der Waals surface area contributed by atoms with Crippen molar-refractivity contribution in [3.8, 4) is 5.75 Å². The van der Waals surface area contributed by atoms with Crippen molar-refractivity contribution in [3.63, 3.8) is 0 Å². The van der Waals surface area contributed by atoms with Crippen LogP contribution in [0.1, 0.15) is 26.7 Å². The van der Waals surface area contributed by atoms with Gasteiger partial charge in [0.2, 0.25) is 0 Å². The van der Waals surface area contributed by atoms with Crippen LogP contribution in [0.3, 0.4) is 0 Å². The molecule has 2 unspecified atom stereocenters. The third kappa shape index (κ3) is 3.72. The summed E-state index contributed by atoms with van der Waals surface area (Å²) >= 11 is 3.46. The van der Waals surface area contributed by atoms with Gasteiger partial charge in [-0.05, 0) is 50.4 Å². The Morgan fingerprint density at radius 2 is 2.22 bits per heavy atom. The van der Waals surface area contributed by atoms with Crippen LogP contribution >= 0.6 is 15.9 Å². The molecule has 2 nitrogen and oxygen atoms in total. The number of halogens is 1. The second-order valence-electron chi connectivity index (χ2n) is 5.20. The normalized spacial score (nSPS) is 25.1. The predicted octanol–water partition coefficient (Wildman–Crippen LogP) is 3.95. The van der Waals surface area contributed by atoms with Gasteiger partial charge in [-0.1, -0.05) is 28.9 Å².